The van der Waals surface area contributed by atoms with Gasteiger partial charge < -0.3 is 10.0 Å². The highest BCUT2D eigenvalue weighted by molar-refractivity contribution is 6.10. The fraction of sp³-hybridized carbons (Fsp3) is 0.238. The molecule has 1 heterocycles. The van der Waals surface area contributed by atoms with Crippen LogP contribution in [0.25, 0.3) is 0 Å². The van der Waals surface area contributed by atoms with Crippen LogP contribution in [0.2, 0.25) is 0 Å². The molecule has 4 nitrogen and oxygen atoms in total. The lowest BCUT2D eigenvalue weighted by atomic mass is 9.88. The molecule has 0 fully saturated rings. The van der Waals surface area contributed by atoms with Gasteiger partial charge in [0.2, 0.25) is 0 Å². The van der Waals surface area contributed by atoms with Gasteiger partial charge in [0.1, 0.15) is 0 Å². The molecule has 1 amide bonds. The number of carbonyl (C=O) groups excluding carboxylic acids is 2. The molecule has 1 aliphatic heterocycles. The molecule has 1 atom stereocenters. The number of aryl methyl sites for hydroxylation is 1. The number of anilines is 1. The van der Waals surface area contributed by atoms with Crippen molar-refractivity contribution >= 4 is 17.4 Å². The number of para-hydroxylation sites is 1. The zero-order valence-corrected chi connectivity index (χ0v) is 14.5. The molecule has 128 valence electrons. The number of hydrogen-bond acceptors (Lipinski definition) is 3. The maximum Gasteiger partial charge on any atom is 0.264 e. The molecule has 0 saturated heterocycles. The molecule has 3 rings (SSSR count). The molecule has 25 heavy (non-hydrogen) atoms. The highest BCUT2D eigenvalue weighted by Gasteiger charge is 2.50. The monoisotopic (exact) mass is 335 g/mol. The van der Waals surface area contributed by atoms with Crippen molar-refractivity contribution in [3.63, 3.8) is 0 Å². The Morgan fingerprint density at radius 2 is 1.80 bits per heavy atom. The van der Waals surface area contributed by atoms with E-state index < -0.39 is 11.5 Å². The van der Waals surface area contributed by atoms with Gasteiger partial charge in [0.05, 0.1) is 12.1 Å². The number of aliphatic hydroxyl groups is 1. The molecule has 2 aromatic rings. The van der Waals surface area contributed by atoms with Gasteiger partial charge in [-0.05, 0) is 19.9 Å². The zero-order valence-electron chi connectivity index (χ0n) is 14.5. The minimum atomic E-state index is -1.84. The third-order valence-electron chi connectivity index (χ3n) is 4.46. The van der Waals surface area contributed by atoms with Gasteiger partial charge in [0, 0.05) is 17.7 Å². The molecule has 1 N–H and O–H groups in total. The van der Waals surface area contributed by atoms with Crippen LogP contribution in [-0.4, -0.2) is 23.3 Å². The number of amides is 1. The van der Waals surface area contributed by atoms with Crippen molar-refractivity contribution in [3.8, 4) is 0 Å². The lowest BCUT2D eigenvalue weighted by molar-refractivity contribution is -0.135. The highest BCUT2D eigenvalue weighted by atomic mass is 16.3. The van der Waals surface area contributed by atoms with Crippen LogP contribution in [0.1, 0.15) is 34.8 Å². The van der Waals surface area contributed by atoms with E-state index in [1.165, 1.54) is 4.90 Å². The number of ketones is 1. The normalized spacial score (nSPS) is 19.0. The Morgan fingerprint density at radius 1 is 1.16 bits per heavy atom. The molecular weight excluding hydrogens is 314 g/mol. The molecule has 0 saturated carbocycles. The predicted octanol–water partition coefficient (Wildman–Crippen LogP) is 3.38. The van der Waals surface area contributed by atoms with Crippen LogP contribution in [0.5, 0.6) is 0 Å². The Bertz CT molecular complexity index is 854. The summed E-state index contributed by atoms with van der Waals surface area (Å²) in [6.45, 7) is 7.93. The maximum absolute atomic E-state index is 12.9. The van der Waals surface area contributed by atoms with Gasteiger partial charge in [-0.25, -0.2) is 0 Å². The van der Waals surface area contributed by atoms with Gasteiger partial charge in [0.15, 0.2) is 11.4 Å². The van der Waals surface area contributed by atoms with E-state index in [4.69, 9.17) is 0 Å². The van der Waals surface area contributed by atoms with E-state index in [2.05, 4.69) is 6.58 Å². The minimum absolute atomic E-state index is 0.261. The van der Waals surface area contributed by atoms with Gasteiger partial charge >= 0.3 is 0 Å². The van der Waals surface area contributed by atoms with Crippen molar-refractivity contribution < 1.29 is 14.7 Å². The van der Waals surface area contributed by atoms with Crippen LogP contribution in [0, 0.1) is 6.92 Å². The quantitative estimate of drug-likeness (QED) is 0.673. The fourth-order valence-corrected chi connectivity index (χ4v) is 3.18. The Hall–Kier alpha value is -2.72. The minimum Gasteiger partial charge on any atom is -0.375 e. The highest BCUT2D eigenvalue weighted by Crippen LogP contribution is 2.43. The fourth-order valence-electron chi connectivity index (χ4n) is 3.18. The molecule has 0 spiro atoms. The average Bonchev–Trinajstić information content (AvgIpc) is 2.77. The second-order valence-corrected chi connectivity index (χ2v) is 6.69. The smallest absolute Gasteiger partial charge is 0.264 e. The van der Waals surface area contributed by atoms with E-state index in [-0.39, 0.29) is 12.2 Å². The summed E-state index contributed by atoms with van der Waals surface area (Å²) in [4.78, 5) is 27.1. The van der Waals surface area contributed by atoms with E-state index in [0.717, 1.165) is 11.1 Å². The topological polar surface area (TPSA) is 57.6 Å². The summed E-state index contributed by atoms with van der Waals surface area (Å²) in [6, 6.07) is 14.2. The van der Waals surface area contributed by atoms with Crippen molar-refractivity contribution in [1.29, 1.82) is 0 Å². The van der Waals surface area contributed by atoms with Crippen molar-refractivity contribution in [3.05, 3.63) is 77.4 Å². The first-order chi connectivity index (χ1) is 11.8. The largest absolute Gasteiger partial charge is 0.375 e. The summed E-state index contributed by atoms with van der Waals surface area (Å²) >= 11 is 0. The molecule has 0 aliphatic carbocycles. The van der Waals surface area contributed by atoms with Crippen LogP contribution in [0.3, 0.4) is 0 Å². The maximum atomic E-state index is 12.9. The summed E-state index contributed by atoms with van der Waals surface area (Å²) in [6.07, 6.45) is -0.279. The van der Waals surface area contributed by atoms with Crippen LogP contribution in [-0.2, 0) is 10.4 Å². The van der Waals surface area contributed by atoms with Crippen LogP contribution < -0.4 is 4.90 Å². The molecule has 4 heteroatoms. The first-order valence-corrected chi connectivity index (χ1v) is 8.21. The molecule has 1 unspecified atom stereocenters. The Morgan fingerprint density at radius 3 is 2.44 bits per heavy atom. The lowest BCUT2D eigenvalue weighted by Gasteiger charge is -2.23. The Balaban J connectivity index is 1.96. The lowest BCUT2D eigenvalue weighted by Crippen LogP contribution is -2.42. The van der Waals surface area contributed by atoms with E-state index >= 15 is 0 Å². The van der Waals surface area contributed by atoms with Gasteiger partial charge in [0.25, 0.3) is 5.91 Å². The van der Waals surface area contributed by atoms with Crippen molar-refractivity contribution in [2.75, 3.05) is 11.4 Å². The van der Waals surface area contributed by atoms with Gasteiger partial charge in [-0.3, -0.25) is 9.59 Å². The molecule has 0 radical (unpaired) electrons. The van der Waals surface area contributed by atoms with Gasteiger partial charge in [-0.15, -0.1) is 0 Å². The van der Waals surface area contributed by atoms with Crippen molar-refractivity contribution in [1.82, 2.24) is 0 Å². The number of rotatable bonds is 5. The van der Waals surface area contributed by atoms with E-state index in [9.17, 15) is 14.7 Å². The molecule has 0 bridgehead atoms. The second-order valence-electron chi connectivity index (χ2n) is 6.69. The first-order valence-electron chi connectivity index (χ1n) is 8.21. The van der Waals surface area contributed by atoms with E-state index in [0.29, 0.717) is 23.4 Å². The van der Waals surface area contributed by atoms with Gasteiger partial charge in [-0.1, -0.05) is 60.2 Å². The van der Waals surface area contributed by atoms with Crippen molar-refractivity contribution in [2.24, 2.45) is 0 Å². The summed E-state index contributed by atoms with van der Waals surface area (Å²) < 4.78 is 0. The van der Waals surface area contributed by atoms with Crippen LogP contribution in [0.15, 0.2) is 60.7 Å². The summed E-state index contributed by atoms with van der Waals surface area (Å²) in [5.41, 5.74) is 1.61. The number of Topliss-reactive ketones (excluding diaryl/α,β-unsaturated/α-hetero) is 1. The molecular formula is C21H21NO3. The number of hydrogen-bond donors (Lipinski definition) is 1. The Labute approximate surface area is 147 Å². The number of nitrogens with zero attached hydrogens (tertiary/aromatic N) is 1. The van der Waals surface area contributed by atoms with Crippen LogP contribution >= 0.6 is 0 Å². The summed E-state index contributed by atoms with van der Waals surface area (Å²) in [5.74, 6) is -0.736. The second kappa shape index (κ2) is 6.30. The third kappa shape index (κ3) is 3.01. The summed E-state index contributed by atoms with van der Waals surface area (Å²) in [7, 11) is 0. The van der Waals surface area contributed by atoms with E-state index in [1.54, 1.807) is 30.3 Å². The van der Waals surface area contributed by atoms with Crippen molar-refractivity contribution in [2.45, 2.75) is 25.9 Å². The standard InChI is InChI=1S/C21H21NO3/c1-14(2)13-22-18-7-5-4-6-17(18)21(25,20(22)24)12-19(23)16-10-8-15(3)9-11-16/h4-11,25H,1,12-13H2,2-3H3. The number of fused-ring (bicyclic) bond motifs is 1. The predicted molar refractivity (Wildman–Crippen MR) is 97.6 cm³/mol. The summed E-state index contributed by atoms with van der Waals surface area (Å²) in [5, 5.41) is 11.1. The number of benzene rings is 2. The zero-order chi connectivity index (χ0) is 18.2. The molecule has 1 aliphatic rings. The average molecular weight is 335 g/mol. The Kier molecular flexibility index (Phi) is 4.31. The SMILES string of the molecule is C=C(C)CN1C(=O)C(O)(CC(=O)c2ccc(C)cc2)c2ccccc21. The van der Waals surface area contributed by atoms with E-state index in [1.807, 2.05) is 32.0 Å². The van der Waals surface area contributed by atoms with Crippen LogP contribution in [0.4, 0.5) is 5.69 Å². The number of carbonyl (C=O) groups is 2. The first kappa shape index (κ1) is 17.1. The van der Waals surface area contributed by atoms with Gasteiger partial charge in [-0.2, -0.15) is 0 Å². The third-order valence-corrected chi connectivity index (χ3v) is 4.46. The molecule has 0 aromatic heterocycles. The molecule has 2 aromatic carbocycles.